The minimum Gasteiger partial charge on any atom is -0.396 e. The van der Waals surface area contributed by atoms with Crippen molar-refractivity contribution in [1.82, 2.24) is 9.29 Å². The molecule has 0 bridgehead atoms. The second kappa shape index (κ2) is 5.94. The van der Waals surface area contributed by atoms with Gasteiger partial charge in [-0.2, -0.15) is 4.31 Å². The van der Waals surface area contributed by atoms with Crippen LogP contribution in [-0.2, 0) is 10.0 Å². The van der Waals surface area contributed by atoms with Crippen LogP contribution in [0.1, 0.15) is 25.7 Å². The molecule has 1 aliphatic heterocycles. The molecule has 1 fully saturated rings. The van der Waals surface area contributed by atoms with Gasteiger partial charge < -0.3 is 5.11 Å². The van der Waals surface area contributed by atoms with Gasteiger partial charge in [0.05, 0.1) is 6.20 Å². The number of aliphatic hydroxyl groups excluding tert-OH is 1. The molecule has 1 atom stereocenters. The number of rotatable bonds is 5. The molecule has 19 heavy (non-hydrogen) atoms. The summed E-state index contributed by atoms with van der Waals surface area (Å²) in [5.41, 5.74) is 0. The van der Waals surface area contributed by atoms with Gasteiger partial charge >= 0.3 is 0 Å². The van der Waals surface area contributed by atoms with Crippen molar-refractivity contribution in [2.45, 2.75) is 36.6 Å². The molecule has 0 radical (unpaired) electrons. The summed E-state index contributed by atoms with van der Waals surface area (Å²) < 4.78 is 39.3. The zero-order valence-corrected chi connectivity index (χ0v) is 11.3. The first-order chi connectivity index (χ1) is 9.05. The fraction of sp³-hybridized carbons (Fsp3) is 0.583. The van der Waals surface area contributed by atoms with Crippen LogP contribution in [0, 0.1) is 5.82 Å². The predicted molar refractivity (Wildman–Crippen MR) is 67.4 cm³/mol. The second-order valence-corrected chi connectivity index (χ2v) is 6.51. The first-order valence-electron chi connectivity index (χ1n) is 6.29. The maximum Gasteiger partial charge on any atom is 0.244 e. The molecule has 0 saturated carbocycles. The quantitative estimate of drug-likeness (QED) is 0.882. The Kier molecular flexibility index (Phi) is 4.49. The van der Waals surface area contributed by atoms with Crippen molar-refractivity contribution >= 4 is 10.0 Å². The van der Waals surface area contributed by atoms with Crippen molar-refractivity contribution in [1.29, 1.82) is 0 Å². The van der Waals surface area contributed by atoms with Crippen molar-refractivity contribution in [3.8, 4) is 0 Å². The van der Waals surface area contributed by atoms with E-state index in [-0.39, 0.29) is 17.5 Å². The van der Waals surface area contributed by atoms with Gasteiger partial charge in [-0.15, -0.1) is 0 Å². The van der Waals surface area contributed by atoms with Gasteiger partial charge in [0.1, 0.15) is 10.7 Å². The van der Waals surface area contributed by atoms with Crippen LogP contribution in [0.15, 0.2) is 23.4 Å². The highest BCUT2D eigenvalue weighted by atomic mass is 32.2. The van der Waals surface area contributed by atoms with Crippen LogP contribution >= 0.6 is 0 Å². The summed E-state index contributed by atoms with van der Waals surface area (Å²) in [4.78, 5) is 3.48. The first kappa shape index (κ1) is 14.4. The Morgan fingerprint density at radius 1 is 1.47 bits per heavy atom. The van der Waals surface area contributed by atoms with E-state index in [1.165, 1.54) is 10.5 Å². The number of halogens is 1. The summed E-state index contributed by atoms with van der Waals surface area (Å²) >= 11 is 0. The summed E-state index contributed by atoms with van der Waals surface area (Å²) in [7, 11) is -3.69. The third kappa shape index (κ3) is 3.10. The molecule has 0 aromatic carbocycles. The van der Waals surface area contributed by atoms with E-state index in [4.69, 9.17) is 5.11 Å². The van der Waals surface area contributed by atoms with Crippen LogP contribution in [0.25, 0.3) is 0 Å². The van der Waals surface area contributed by atoms with Gasteiger partial charge in [-0.05, 0) is 31.7 Å². The standard InChI is InChI=1S/C12H17FN2O3S/c13-10-7-12(9-14-8-10)19(17,18)15-5-1-3-11(15)4-2-6-16/h7-9,11,16H,1-6H2. The number of aliphatic hydroxyl groups is 1. The Balaban J connectivity index is 2.23. The lowest BCUT2D eigenvalue weighted by Gasteiger charge is -2.23. The lowest BCUT2D eigenvalue weighted by atomic mass is 10.1. The van der Waals surface area contributed by atoms with Crippen molar-refractivity contribution in [3.63, 3.8) is 0 Å². The van der Waals surface area contributed by atoms with Gasteiger partial charge in [-0.3, -0.25) is 4.98 Å². The van der Waals surface area contributed by atoms with E-state index in [9.17, 15) is 12.8 Å². The monoisotopic (exact) mass is 288 g/mol. The molecule has 1 N–H and O–H groups in total. The molecule has 0 aliphatic carbocycles. The Hall–Kier alpha value is -1.05. The summed E-state index contributed by atoms with van der Waals surface area (Å²) in [6, 6.07) is 0.879. The van der Waals surface area contributed by atoms with E-state index < -0.39 is 15.8 Å². The Morgan fingerprint density at radius 2 is 2.26 bits per heavy atom. The van der Waals surface area contributed by atoms with E-state index in [0.29, 0.717) is 19.4 Å². The first-order valence-corrected chi connectivity index (χ1v) is 7.73. The normalized spacial score (nSPS) is 20.8. The molecule has 1 aromatic heterocycles. The number of aromatic nitrogens is 1. The minimum absolute atomic E-state index is 0.0475. The maximum absolute atomic E-state index is 13.1. The topological polar surface area (TPSA) is 70.5 Å². The lowest BCUT2D eigenvalue weighted by Crippen LogP contribution is -2.35. The number of nitrogens with zero attached hydrogens (tertiary/aromatic N) is 2. The number of hydrogen-bond donors (Lipinski definition) is 1. The largest absolute Gasteiger partial charge is 0.396 e. The Morgan fingerprint density at radius 3 is 2.95 bits per heavy atom. The second-order valence-electron chi connectivity index (χ2n) is 4.62. The van der Waals surface area contributed by atoms with Crippen molar-refractivity contribution in [2.24, 2.45) is 0 Å². The number of sulfonamides is 1. The van der Waals surface area contributed by atoms with E-state index in [1.807, 2.05) is 0 Å². The SMILES string of the molecule is O=S(=O)(c1cncc(F)c1)N1CCCC1CCCO. The van der Waals surface area contributed by atoms with Crippen LogP contribution in [0.4, 0.5) is 4.39 Å². The van der Waals surface area contributed by atoms with E-state index in [1.54, 1.807) is 0 Å². The lowest BCUT2D eigenvalue weighted by molar-refractivity contribution is 0.264. The van der Waals surface area contributed by atoms with Crippen LogP contribution in [0.2, 0.25) is 0 Å². The molecule has 7 heteroatoms. The van der Waals surface area contributed by atoms with Gasteiger partial charge in [-0.25, -0.2) is 12.8 Å². The highest BCUT2D eigenvalue weighted by molar-refractivity contribution is 7.89. The molecule has 106 valence electrons. The van der Waals surface area contributed by atoms with Crippen molar-refractivity contribution in [3.05, 3.63) is 24.3 Å². The third-order valence-electron chi connectivity index (χ3n) is 3.30. The number of hydrogen-bond acceptors (Lipinski definition) is 4. The van der Waals surface area contributed by atoms with E-state index >= 15 is 0 Å². The molecule has 0 amide bonds. The fourth-order valence-electron chi connectivity index (χ4n) is 2.41. The van der Waals surface area contributed by atoms with Gasteiger partial charge in [0, 0.05) is 25.4 Å². The van der Waals surface area contributed by atoms with Crippen LogP contribution in [0.5, 0.6) is 0 Å². The summed E-state index contributed by atoms with van der Waals surface area (Å²) in [5.74, 6) is -0.660. The molecular weight excluding hydrogens is 271 g/mol. The molecule has 1 aromatic rings. The van der Waals surface area contributed by atoms with Crippen LogP contribution in [-0.4, -0.2) is 42.0 Å². The van der Waals surface area contributed by atoms with Crippen LogP contribution < -0.4 is 0 Å². The molecule has 2 heterocycles. The summed E-state index contributed by atoms with van der Waals surface area (Å²) in [5, 5.41) is 8.84. The van der Waals surface area contributed by atoms with Gasteiger partial charge in [0.25, 0.3) is 0 Å². The van der Waals surface area contributed by atoms with Gasteiger partial charge in [-0.1, -0.05) is 0 Å². The zero-order chi connectivity index (χ0) is 13.9. The summed E-state index contributed by atoms with van der Waals surface area (Å²) in [6.45, 7) is 0.487. The molecule has 2 rings (SSSR count). The molecule has 0 spiro atoms. The molecule has 5 nitrogen and oxygen atoms in total. The van der Waals surface area contributed by atoms with Crippen LogP contribution in [0.3, 0.4) is 0 Å². The van der Waals surface area contributed by atoms with Gasteiger partial charge in [0.2, 0.25) is 10.0 Å². The molecule has 1 unspecified atom stereocenters. The Labute approximate surface area is 112 Å². The van der Waals surface area contributed by atoms with E-state index in [0.717, 1.165) is 25.1 Å². The molecule has 1 saturated heterocycles. The van der Waals surface area contributed by atoms with Crippen molar-refractivity contribution in [2.75, 3.05) is 13.2 Å². The highest BCUT2D eigenvalue weighted by Crippen LogP contribution is 2.28. The fourth-order valence-corrected chi connectivity index (χ4v) is 4.11. The molecular formula is C12H17FN2O3S. The van der Waals surface area contributed by atoms with Crippen molar-refractivity contribution < 1.29 is 17.9 Å². The summed E-state index contributed by atoms with van der Waals surface area (Å²) in [6.07, 6.45) is 4.91. The molecule has 1 aliphatic rings. The third-order valence-corrected chi connectivity index (χ3v) is 5.22. The Bertz CT molecular complexity index is 536. The smallest absolute Gasteiger partial charge is 0.244 e. The minimum atomic E-state index is -3.69. The zero-order valence-electron chi connectivity index (χ0n) is 10.5. The average molecular weight is 288 g/mol. The van der Waals surface area contributed by atoms with E-state index in [2.05, 4.69) is 4.98 Å². The number of pyridine rings is 1. The van der Waals surface area contributed by atoms with Gasteiger partial charge in [0.15, 0.2) is 0 Å². The highest BCUT2D eigenvalue weighted by Gasteiger charge is 2.35. The maximum atomic E-state index is 13.1. The predicted octanol–water partition coefficient (Wildman–Crippen LogP) is 1.15. The average Bonchev–Trinajstić information content (AvgIpc) is 2.85.